The van der Waals surface area contributed by atoms with Gasteiger partial charge >= 0.3 is 0 Å². The molecule has 4 heteroatoms. The molecule has 0 saturated carbocycles. The lowest BCUT2D eigenvalue weighted by Gasteiger charge is -2.08. The number of unbranched alkanes of at least 4 members (excludes halogenated alkanes) is 3. The molecule has 17 heavy (non-hydrogen) atoms. The molecule has 0 spiro atoms. The topological polar surface area (TPSA) is 51.5 Å². The zero-order valence-electron chi connectivity index (χ0n) is 10.4. The summed E-state index contributed by atoms with van der Waals surface area (Å²) in [5.41, 5.74) is -0.169. The van der Waals surface area contributed by atoms with Crippen molar-refractivity contribution in [2.24, 2.45) is 0 Å². The zero-order chi connectivity index (χ0) is 12.5. The number of aliphatic hydroxyl groups is 1. The van der Waals surface area contributed by atoms with Crippen LogP contribution < -0.4 is 10.3 Å². The van der Waals surface area contributed by atoms with Crippen LogP contribution in [-0.4, -0.2) is 22.9 Å². The van der Waals surface area contributed by atoms with Gasteiger partial charge in [-0.25, -0.2) is 0 Å². The fraction of sp³-hybridized carbons (Fsp3) is 0.615. The van der Waals surface area contributed by atoms with Crippen LogP contribution in [0.5, 0.6) is 5.75 Å². The van der Waals surface area contributed by atoms with Gasteiger partial charge in [-0.1, -0.05) is 26.2 Å². The Hall–Kier alpha value is -1.29. The summed E-state index contributed by atoms with van der Waals surface area (Å²) in [6, 6.07) is 3.44. The van der Waals surface area contributed by atoms with Crippen molar-refractivity contribution in [1.82, 2.24) is 4.57 Å². The molecule has 0 saturated heterocycles. The van der Waals surface area contributed by atoms with Crippen LogP contribution in [0.25, 0.3) is 0 Å². The molecule has 0 amide bonds. The van der Waals surface area contributed by atoms with Gasteiger partial charge in [-0.2, -0.15) is 0 Å². The van der Waals surface area contributed by atoms with Crippen LogP contribution in [0.2, 0.25) is 0 Å². The molecule has 1 aromatic rings. The Morgan fingerprint density at radius 3 is 2.88 bits per heavy atom. The largest absolute Gasteiger partial charge is 0.488 e. The lowest BCUT2D eigenvalue weighted by Crippen LogP contribution is -2.22. The second-order valence-electron chi connectivity index (χ2n) is 4.00. The van der Waals surface area contributed by atoms with E-state index in [1.165, 1.54) is 17.4 Å². The Bertz CT molecular complexity index is 373. The predicted molar refractivity (Wildman–Crippen MR) is 67.4 cm³/mol. The molecule has 4 nitrogen and oxygen atoms in total. The number of aromatic nitrogens is 1. The molecule has 0 fully saturated rings. The Balaban J connectivity index is 2.48. The van der Waals surface area contributed by atoms with Crippen LogP contribution in [0.3, 0.4) is 0 Å². The standard InChI is InChI=1S/C13H21NO3/c1-2-3-4-5-11-17-12-7-6-8-14(9-10-15)13(12)16/h6-8,15H,2-5,9-11H2,1H3. The fourth-order valence-corrected chi connectivity index (χ4v) is 1.62. The molecule has 0 aliphatic carbocycles. The van der Waals surface area contributed by atoms with Crippen molar-refractivity contribution in [3.05, 3.63) is 28.7 Å². The first-order valence-corrected chi connectivity index (χ1v) is 6.22. The van der Waals surface area contributed by atoms with Gasteiger partial charge in [-0.15, -0.1) is 0 Å². The molecular weight excluding hydrogens is 218 g/mol. The van der Waals surface area contributed by atoms with Gasteiger partial charge in [0.25, 0.3) is 5.56 Å². The van der Waals surface area contributed by atoms with Crippen molar-refractivity contribution in [3.8, 4) is 5.75 Å². The zero-order valence-corrected chi connectivity index (χ0v) is 10.4. The van der Waals surface area contributed by atoms with Crippen molar-refractivity contribution >= 4 is 0 Å². The third-order valence-corrected chi connectivity index (χ3v) is 2.58. The summed E-state index contributed by atoms with van der Waals surface area (Å²) in [6.07, 6.45) is 6.15. The quantitative estimate of drug-likeness (QED) is 0.704. The third-order valence-electron chi connectivity index (χ3n) is 2.58. The van der Waals surface area contributed by atoms with Crippen LogP contribution in [-0.2, 0) is 6.54 Å². The molecule has 1 heterocycles. The van der Waals surface area contributed by atoms with E-state index in [1.54, 1.807) is 18.3 Å². The minimum atomic E-state index is -0.169. The summed E-state index contributed by atoms with van der Waals surface area (Å²) in [6.45, 7) is 3.01. The molecule has 0 aromatic carbocycles. The maximum absolute atomic E-state index is 11.8. The molecular formula is C13H21NO3. The number of pyridine rings is 1. The van der Waals surface area contributed by atoms with E-state index >= 15 is 0 Å². The van der Waals surface area contributed by atoms with Crippen LogP contribution in [0.1, 0.15) is 32.6 Å². The monoisotopic (exact) mass is 239 g/mol. The van der Waals surface area contributed by atoms with Crippen molar-refractivity contribution in [2.75, 3.05) is 13.2 Å². The van der Waals surface area contributed by atoms with Crippen LogP contribution in [0, 0.1) is 0 Å². The maximum Gasteiger partial charge on any atom is 0.292 e. The second-order valence-corrected chi connectivity index (χ2v) is 4.00. The normalized spacial score (nSPS) is 10.5. The average molecular weight is 239 g/mol. The van der Waals surface area contributed by atoms with E-state index in [-0.39, 0.29) is 12.2 Å². The summed E-state index contributed by atoms with van der Waals surface area (Å²) in [5.74, 6) is 0.373. The Labute approximate surface area is 102 Å². The van der Waals surface area contributed by atoms with E-state index in [2.05, 4.69) is 6.92 Å². The van der Waals surface area contributed by atoms with Gasteiger partial charge in [0, 0.05) is 12.7 Å². The smallest absolute Gasteiger partial charge is 0.292 e. The Morgan fingerprint density at radius 1 is 1.35 bits per heavy atom. The van der Waals surface area contributed by atoms with E-state index < -0.39 is 0 Å². The molecule has 0 aliphatic heterocycles. The van der Waals surface area contributed by atoms with Gasteiger partial charge in [-0.3, -0.25) is 4.79 Å². The first kappa shape index (κ1) is 13.8. The van der Waals surface area contributed by atoms with E-state index in [1.807, 2.05) is 0 Å². The fourth-order valence-electron chi connectivity index (χ4n) is 1.62. The highest BCUT2D eigenvalue weighted by molar-refractivity contribution is 5.17. The molecule has 1 aromatic heterocycles. The minimum Gasteiger partial charge on any atom is -0.488 e. The second kappa shape index (κ2) is 7.90. The average Bonchev–Trinajstić information content (AvgIpc) is 2.33. The molecule has 0 unspecified atom stereocenters. The number of aliphatic hydroxyl groups excluding tert-OH is 1. The lowest BCUT2D eigenvalue weighted by atomic mass is 10.2. The van der Waals surface area contributed by atoms with Gasteiger partial charge in [0.15, 0.2) is 5.75 Å². The van der Waals surface area contributed by atoms with Gasteiger partial charge < -0.3 is 14.4 Å². The van der Waals surface area contributed by atoms with Crippen LogP contribution in [0.15, 0.2) is 23.1 Å². The first-order valence-electron chi connectivity index (χ1n) is 6.22. The van der Waals surface area contributed by atoms with E-state index in [4.69, 9.17) is 9.84 Å². The Morgan fingerprint density at radius 2 is 2.18 bits per heavy atom. The Kier molecular flexibility index (Phi) is 6.40. The molecule has 1 N–H and O–H groups in total. The molecule has 1 rings (SSSR count). The highest BCUT2D eigenvalue weighted by Crippen LogP contribution is 2.04. The first-order chi connectivity index (χ1) is 8.29. The number of rotatable bonds is 8. The van der Waals surface area contributed by atoms with E-state index in [9.17, 15) is 4.79 Å². The summed E-state index contributed by atoms with van der Waals surface area (Å²) in [5, 5.41) is 8.81. The minimum absolute atomic E-state index is 0.0418. The predicted octanol–water partition coefficient (Wildman–Crippen LogP) is 1.80. The maximum atomic E-state index is 11.8. The summed E-state index contributed by atoms with van der Waals surface area (Å²) < 4.78 is 6.92. The van der Waals surface area contributed by atoms with Gasteiger partial charge in [0.1, 0.15) is 0 Å². The number of nitrogens with zero attached hydrogens (tertiary/aromatic N) is 1. The van der Waals surface area contributed by atoms with E-state index in [0.717, 1.165) is 12.8 Å². The van der Waals surface area contributed by atoms with Crippen LogP contribution >= 0.6 is 0 Å². The van der Waals surface area contributed by atoms with E-state index in [0.29, 0.717) is 18.9 Å². The van der Waals surface area contributed by atoms with Crippen molar-refractivity contribution in [2.45, 2.75) is 39.2 Å². The third kappa shape index (κ3) is 4.61. The molecule has 0 aliphatic rings. The molecule has 0 bridgehead atoms. The lowest BCUT2D eigenvalue weighted by molar-refractivity contribution is 0.268. The van der Waals surface area contributed by atoms with Gasteiger partial charge in [0.2, 0.25) is 0 Å². The highest BCUT2D eigenvalue weighted by Gasteiger charge is 2.03. The van der Waals surface area contributed by atoms with Crippen molar-refractivity contribution in [3.63, 3.8) is 0 Å². The van der Waals surface area contributed by atoms with Crippen molar-refractivity contribution < 1.29 is 9.84 Å². The van der Waals surface area contributed by atoms with Gasteiger partial charge in [-0.05, 0) is 18.6 Å². The molecule has 0 atom stereocenters. The number of ether oxygens (including phenoxy) is 1. The van der Waals surface area contributed by atoms with Crippen molar-refractivity contribution in [1.29, 1.82) is 0 Å². The summed E-state index contributed by atoms with van der Waals surface area (Å²) >= 11 is 0. The SMILES string of the molecule is CCCCCCOc1cccn(CCO)c1=O. The highest BCUT2D eigenvalue weighted by atomic mass is 16.5. The summed E-state index contributed by atoms with van der Waals surface area (Å²) in [7, 11) is 0. The molecule has 0 radical (unpaired) electrons. The van der Waals surface area contributed by atoms with Crippen LogP contribution in [0.4, 0.5) is 0 Å². The number of hydrogen-bond donors (Lipinski definition) is 1. The number of hydrogen-bond acceptors (Lipinski definition) is 3. The molecule has 96 valence electrons. The van der Waals surface area contributed by atoms with Gasteiger partial charge in [0.05, 0.1) is 13.2 Å². The summed E-state index contributed by atoms with van der Waals surface area (Å²) in [4.78, 5) is 11.8.